The quantitative estimate of drug-likeness (QED) is 0.767. The molecule has 2 heterocycles. The maximum atomic E-state index is 13.6. The lowest BCUT2D eigenvalue weighted by Crippen LogP contribution is -1.94. The number of halogens is 1. The molecule has 96 valence electrons. The van der Waals surface area contributed by atoms with E-state index >= 15 is 0 Å². The van der Waals surface area contributed by atoms with Crippen LogP contribution in [0.2, 0.25) is 0 Å². The second-order valence-corrected chi connectivity index (χ2v) is 4.31. The Morgan fingerprint density at radius 3 is 2.79 bits per heavy atom. The van der Waals surface area contributed by atoms with E-state index in [1.165, 1.54) is 13.4 Å². The Labute approximate surface area is 109 Å². The summed E-state index contributed by atoms with van der Waals surface area (Å²) in [5, 5.41) is 0.920. The van der Waals surface area contributed by atoms with Gasteiger partial charge >= 0.3 is 0 Å². The fraction of sp³-hybridized carbons (Fsp3) is 0.143. The van der Waals surface area contributed by atoms with E-state index in [0.717, 1.165) is 16.5 Å². The van der Waals surface area contributed by atoms with E-state index < -0.39 is 5.95 Å². The number of ether oxygens (including phenoxy) is 1. The first-order valence-electron chi connectivity index (χ1n) is 5.83. The molecule has 0 saturated carbocycles. The minimum Gasteiger partial charge on any atom is -0.480 e. The first-order valence-corrected chi connectivity index (χ1v) is 5.83. The molecule has 0 amide bonds. The number of hydrogen-bond donors (Lipinski definition) is 1. The van der Waals surface area contributed by atoms with Crippen molar-refractivity contribution in [3.05, 3.63) is 42.1 Å². The standard InChI is InChI=1S/C14H12FN3O/c1-8-3-4-9-6-10(12-13(15)17-7-16-12)14(19-2)18-11(9)5-8/h3-7H,1-2H3,(H,16,17). The van der Waals surface area contributed by atoms with Gasteiger partial charge in [0, 0.05) is 5.39 Å². The molecule has 2 aromatic heterocycles. The van der Waals surface area contributed by atoms with Gasteiger partial charge in [0.15, 0.2) is 0 Å². The third-order valence-corrected chi connectivity index (χ3v) is 2.98. The van der Waals surface area contributed by atoms with Crippen LogP contribution < -0.4 is 4.74 Å². The summed E-state index contributed by atoms with van der Waals surface area (Å²) in [6, 6.07) is 7.73. The van der Waals surface area contributed by atoms with Crippen LogP contribution in [0.25, 0.3) is 22.2 Å². The highest BCUT2D eigenvalue weighted by Gasteiger charge is 2.15. The van der Waals surface area contributed by atoms with Crippen molar-refractivity contribution in [3.63, 3.8) is 0 Å². The van der Waals surface area contributed by atoms with E-state index in [1.54, 1.807) is 0 Å². The van der Waals surface area contributed by atoms with Crippen LogP contribution in [-0.4, -0.2) is 22.1 Å². The van der Waals surface area contributed by atoms with Gasteiger partial charge in [-0.25, -0.2) is 9.97 Å². The lowest BCUT2D eigenvalue weighted by atomic mass is 10.1. The maximum Gasteiger partial charge on any atom is 0.223 e. The number of nitrogens with zero attached hydrogens (tertiary/aromatic N) is 2. The van der Waals surface area contributed by atoms with Gasteiger partial charge in [-0.1, -0.05) is 12.1 Å². The van der Waals surface area contributed by atoms with Crippen LogP contribution in [0.4, 0.5) is 4.39 Å². The number of aromatic nitrogens is 3. The van der Waals surface area contributed by atoms with Gasteiger partial charge in [-0.2, -0.15) is 4.39 Å². The molecule has 19 heavy (non-hydrogen) atoms. The molecule has 4 nitrogen and oxygen atoms in total. The van der Waals surface area contributed by atoms with Gasteiger partial charge in [-0.15, -0.1) is 0 Å². The molecule has 1 aromatic carbocycles. The molecule has 0 aliphatic rings. The predicted molar refractivity (Wildman–Crippen MR) is 70.6 cm³/mol. The largest absolute Gasteiger partial charge is 0.480 e. The van der Waals surface area contributed by atoms with Crippen molar-refractivity contribution < 1.29 is 9.13 Å². The molecule has 0 spiro atoms. The zero-order valence-corrected chi connectivity index (χ0v) is 10.6. The third-order valence-electron chi connectivity index (χ3n) is 2.98. The highest BCUT2D eigenvalue weighted by molar-refractivity contribution is 5.86. The molecule has 0 unspecified atom stereocenters. The number of aryl methyl sites for hydroxylation is 1. The van der Waals surface area contributed by atoms with Gasteiger partial charge in [-0.05, 0) is 24.6 Å². The van der Waals surface area contributed by atoms with E-state index in [0.29, 0.717) is 11.4 Å². The number of H-pyrrole nitrogens is 1. The first-order chi connectivity index (χ1) is 9.19. The minimum atomic E-state index is -0.494. The Balaban J connectivity index is 2.30. The number of hydrogen-bond acceptors (Lipinski definition) is 3. The van der Waals surface area contributed by atoms with Crippen LogP contribution in [0.3, 0.4) is 0 Å². The lowest BCUT2D eigenvalue weighted by Gasteiger charge is -2.08. The van der Waals surface area contributed by atoms with Gasteiger partial charge < -0.3 is 9.72 Å². The maximum absolute atomic E-state index is 13.6. The highest BCUT2D eigenvalue weighted by atomic mass is 19.1. The number of imidazole rings is 1. The Bertz CT molecular complexity index is 752. The number of aromatic amines is 1. The van der Waals surface area contributed by atoms with Crippen molar-refractivity contribution in [2.75, 3.05) is 7.11 Å². The molecule has 5 heteroatoms. The minimum absolute atomic E-state index is 0.215. The van der Waals surface area contributed by atoms with E-state index in [-0.39, 0.29) is 5.69 Å². The average molecular weight is 257 g/mol. The first kappa shape index (κ1) is 11.6. The summed E-state index contributed by atoms with van der Waals surface area (Å²) >= 11 is 0. The fourth-order valence-electron chi connectivity index (χ4n) is 2.05. The Hall–Kier alpha value is -2.43. The normalized spacial score (nSPS) is 10.9. The number of fused-ring (bicyclic) bond motifs is 1. The van der Waals surface area contributed by atoms with E-state index in [9.17, 15) is 4.39 Å². The van der Waals surface area contributed by atoms with Gasteiger partial charge in [0.2, 0.25) is 11.8 Å². The summed E-state index contributed by atoms with van der Waals surface area (Å²) in [7, 11) is 1.51. The Kier molecular flexibility index (Phi) is 2.67. The molecule has 0 bridgehead atoms. The summed E-state index contributed by atoms with van der Waals surface area (Å²) in [4.78, 5) is 10.8. The molecule has 0 fully saturated rings. The van der Waals surface area contributed by atoms with Crippen molar-refractivity contribution >= 4 is 10.9 Å². The van der Waals surface area contributed by atoms with E-state index in [2.05, 4.69) is 15.0 Å². The molecule has 0 atom stereocenters. The third kappa shape index (κ3) is 1.93. The Morgan fingerprint density at radius 1 is 1.26 bits per heavy atom. The molecule has 1 N–H and O–H groups in total. The van der Waals surface area contributed by atoms with E-state index in [4.69, 9.17) is 4.74 Å². The topological polar surface area (TPSA) is 50.8 Å². The second kappa shape index (κ2) is 4.35. The number of benzene rings is 1. The number of methoxy groups -OCH3 is 1. The summed E-state index contributed by atoms with van der Waals surface area (Å²) in [6.07, 6.45) is 1.31. The summed E-state index contributed by atoms with van der Waals surface area (Å²) in [6.45, 7) is 1.99. The molecule has 0 saturated heterocycles. The van der Waals surface area contributed by atoms with Crippen molar-refractivity contribution in [2.24, 2.45) is 0 Å². The average Bonchev–Trinajstić information content (AvgIpc) is 2.83. The van der Waals surface area contributed by atoms with Crippen molar-refractivity contribution in [1.29, 1.82) is 0 Å². The van der Waals surface area contributed by atoms with Crippen molar-refractivity contribution in [3.8, 4) is 17.1 Å². The smallest absolute Gasteiger partial charge is 0.223 e. The summed E-state index contributed by atoms with van der Waals surface area (Å²) < 4.78 is 18.9. The number of pyridine rings is 1. The van der Waals surface area contributed by atoms with E-state index in [1.807, 2.05) is 31.2 Å². The molecule has 0 aliphatic carbocycles. The molecule has 0 radical (unpaired) electrons. The SMILES string of the molecule is COc1nc2cc(C)ccc2cc1-c1nc[nH]c1F. The number of rotatable bonds is 2. The lowest BCUT2D eigenvalue weighted by molar-refractivity contribution is 0.401. The molecular weight excluding hydrogens is 245 g/mol. The van der Waals surface area contributed by atoms with Crippen LogP contribution in [0.1, 0.15) is 5.56 Å². The van der Waals surface area contributed by atoms with Gasteiger partial charge in [0.25, 0.3) is 0 Å². The van der Waals surface area contributed by atoms with Gasteiger partial charge in [0.05, 0.1) is 24.5 Å². The second-order valence-electron chi connectivity index (χ2n) is 4.31. The van der Waals surface area contributed by atoms with Crippen LogP contribution in [0, 0.1) is 12.9 Å². The Morgan fingerprint density at radius 2 is 2.11 bits per heavy atom. The van der Waals surface area contributed by atoms with Crippen molar-refractivity contribution in [1.82, 2.24) is 15.0 Å². The van der Waals surface area contributed by atoms with Crippen LogP contribution in [0.5, 0.6) is 5.88 Å². The molecular formula is C14H12FN3O. The summed E-state index contributed by atoms with van der Waals surface area (Å²) in [5.74, 6) is -0.129. The molecule has 3 rings (SSSR count). The highest BCUT2D eigenvalue weighted by Crippen LogP contribution is 2.31. The van der Waals surface area contributed by atoms with Crippen LogP contribution in [0.15, 0.2) is 30.6 Å². The summed E-state index contributed by atoms with van der Waals surface area (Å²) in [5.41, 5.74) is 2.68. The molecule has 0 aliphatic heterocycles. The fourth-order valence-corrected chi connectivity index (χ4v) is 2.05. The molecule has 3 aromatic rings. The van der Waals surface area contributed by atoms with Gasteiger partial charge in [-0.3, -0.25) is 0 Å². The van der Waals surface area contributed by atoms with Crippen molar-refractivity contribution in [2.45, 2.75) is 6.92 Å². The zero-order valence-electron chi connectivity index (χ0n) is 10.6. The van der Waals surface area contributed by atoms with Crippen LogP contribution >= 0.6 is 0 Å². The van der Waals surface area contributed by atoms with Crippen LogP contribution in [-0.2, 0) is 0 Å². The zero-order chi connectivity index (χ0) is 13.4. The van der Waals surface area contributed by atoms with Gasteiger partial charge in [0.1, 0.15) is 5.69 Å². The predicted octanol–water partition coefficient (Wildman–Crippen LogP) is 3.08. The monoisotopic (exact) mass is 257 g/mol. The number of nitrogens with one attached hydrogen (secondary N) is 1.